The van der Waals surface area contributed by atoms with Crippen LogP contribution in [0.4, 0.5) is 5.13 Å². The fourth-order valence-corrected chi connectivity index (χ4v) is 2.38. The van der Waals surface area contributed by atoms with Gasteiger partial charge in [-0.2, -0.15) is 5.26 Å². The number of aromatic nitrogens is 1. The maximum Gasteiger partial charge on any atom is 0.185 e. The van der Waals surface area contributed by atoms with Crippen LogP contribution in [0.5, 0.6) is 0 Å². The van der Waals surface area contributed by atoms with Gasteiger partial charge in [0.25, 0.3) is 0 Å². The van der Waals surface area contributed by atoms with Crippen LogP contribution in [0.25, 0.3) is 0 Å². The van der Waals surface area contributed by atoms with E-state index < -0.39 is 0 Å². The van der Waals surface area contributed by atoms with Gasteiger partial charge >= 0.3 is 0 Å². The number of nitriles is 1. The van der Waals surface area contributed by atoms with E-state index in [2.05, 4.69) is 35.1 Å². The third-order valence-electron chi connectivity index (χ3n) is 2.29. The summed E-state index contributed by atoms with van der Waals surface area (Å²) in [5.74, 6) is 0. The van der Waals surface area contributed by atoms with E-state index in [1.54, 1.807) is 11.3 Å². The fourth-order valence-electron chi connectivity index (χ4n) is 1.38. The Labute approximate surface area is 101 Å². The first-order valence-electron chi connectivity index (χ1n) is 5.59. The first-order valence-corrected chi connectivity index (χ1v) is 6.40. The van der Waals surface area contributed by atoms with E-state index in [-0.39, 0.29) is 0 Å². The van der Waals surface area contributed by atoms with Gasteiger partial charge in [-0.3, -0.25) is 0 Å². The minimum atomic E-state index is 0.557. The number of nitrogens with zero attached hydrogens (tertiary/aromatic N) is 3. The highest BCUT2D eigenvalue weighted by Gasteiger charge is 2.06. The molecule has 0 aliphatic heterocycles. The van der Waals surface area contributed by atoms with Crippen molar-refractivity contribution in [3.05, 3.63) is 11.1 Å². The smallest absolute Gasteiger partial charge is 0.185 e. The highest BCUT2D eigenvalue weighted by molar-refractivity contribution is 7.15. The number of rotatable bonds is 7. The first kappa shape index (κ1) is 12.9. The maximum atomic E-state index is 8.40. The number of thiazole rings is 1. The predicted molar refractivity (Wildman–Crippen MR) is 67.6 cm³/mol. The van der Waals surface area contributed by atoms with Gasteiger partial charge in [-0.15, -0.1) is 11.3 Å². The van der Waals surface area contributed by atoms with E-state index in [4.69, 9.17) is 5.26 Å². The third kappa shape index (κ3) is 3.80. The Balaban J connectivity index is 2.42. The van der Waals surface area contributed by atoms with Crippen molar-refractivity contribution in [3.8, 4) is 6.07 Å². The average Bonchev–Trinajstić information content (AvgIpc) is 2.75. The molecule has 1 aromatic rings. The summed E-state index contributed by atoms with van der Waals surface area (Å²) in [4.78, 5) is 7.86. The lowest BCUT2D eigenvalue weighted by atomic mass is 10.4. The molecule has 1 rings (SSSR count). The fraction of sp³-hybridized carbons (Fsp3) is 0.636. The highest BCUT2D eigenvalue weighted by Crippen LogP contribution is 2.21. The van der Waals surface area contributed by atoms with Crippen LogP contribution in [0, 0.1) is 11.3 Å². The largest absolute Gasteiger partial charge is 0.349 e. The normalized spacial score (nSPS) is 10.1. The standard InChI is InChI=1S/C11H18N4S/c1-3-15(4-2)11-14-9-10(16-11)8-13-7-5-6-12/h9,13H,3-5,7-8H2,1-2H3. The molecule has 0 bridgehead atoms. The van der Waals surface area contributed by atoms with Gasteiger partial charge in [-0.25, -0.2) is 4.98 Å². The van der Waals surface area contributed by atoms with Crippen LogP contribution in [0.1, 0.15) is 25.1 Å². The molecule has 16 heavy (non-hydrogen) atoms. The van der Waals surface area contributed by atoms with Crippen LogP contribution in [0.3, 0.4) is 0 Å². The summed E-state index contributed by atoms with van der Waals surface area (Å²) in [6.07, 6.45) is 2.47. The van der Waals surface area contributed by atoms with Gasteiger partial charge in [-0.05, 0) is 13.8 Å². The Kier molecular flexibility index (Phi) is 5.83. The van der Waals surface area contributed by atoms with Gasteiger partial charge < -0.3 is 10.2 Å². The lowest BCUT2D eigenvalue weighted by molar-refractivity contribution is 0.705. The van der Waals surface area contributed by atoms with Gasteiger partial charge in [0.1, 0.15) is 0 Å². The molecule has 0 aromatic carbocycles. The molecule has 0 saturated heterocycles. The molecule has 1 N–H and O–H groups in total. The quantitative estimate of drug-likeness (QED) is 0.738. The predicted octanol–water partition coefficient (Wildman–Crippen LogP) is 1.99. The second-order valence-corrected chi connectivity index (χ2v) is 4.46. The summed E-state index contributed by atoms with van der Waals surface area (Å²) in [5.41, 5.74) is 0. The summed E-state index contributed by atoms with van der Waals surface area (Å²) >= 11 is 1.72. The van der Waals surface area contributed by atoms with Gasteiger partial charge in [0.2, 0.25) is 0 Å². The highest BCUT2D eigenvalue weighted by atomic mass is 32.1. The van der Waals surface area contributed by atoms with E-state index in [1.807, 2.05) is 6.20 Å². The van der Waals surface area contributed by atoms with Gasteiger partial charge in [-0.1, -0.05) is 0 Å². The van der Waals surface area contributed by atoms with Crippen LogP contribution in [-0.4, -0.2) is 24.6 Å². The molecule has 4 nitrogen and oxygen atoms in total. The molecule has 0 atom stereocenters. The van der Waals surface area contributed by atoms with Crippen molar-refractivity contribution in [3.63, 3.8) is 0 Å². The molecule has 1 aromatic heterocycles. The van der Waals surface area contributed by atoms with Crippen LogP contribution in [-0.2, 0) is 6.54 Å². The molecule has 0 radical (unpaired) electrons. The number of anilines is 1. The van der Waals surface area contributed by atoms with Crippen molar-refractivity contribution in [1.29, 1.82) is 5.26 Å². The van der Waals surface area contributed by atoms with Crippen LogP contribution < -0.4 is 10.2 Å². The number of nitrogens with one attached hydrogen (secondary N) is 1. The molecule has 0 aliphatic rings. The van der Waals surface area contributed by atoms with Gasteiger partial charge in [0.05, 0.1) is 6.07 Å². The molecule has 0 spiro atoms. The molecular weight excluding hydrogens is 220 g/mol. The van der Waals surface area contributed by atoms with Crippen molar-refractivity contribution in [1.82, 2.24) is 10.3 Å². The lowest BCUT2D eigenvalue weighted by Gasteiger charge is -2.16. The van der Waals surface area contributed by atoms with Crippen molar-refractivity contribution >= 4 is 16.5 Å². The number of hydrogen-bond donors (Lipinski definition) is 1. The molecule has 0 amide bonds. The monoisotopic (exact) mass is 238 g/mol. The molecule has 0 unspecified atom stereocenters. The van der Waals surface area contributed by atoms with Crippen LogP contribution in [0.15, 0.2) is 6.20 Å². The molecule has 1 heterocycles. The summed E-state index contributed by atoms with van der Waals surface area (Å²) in [6.45, 7) is 7.80. The van der Waals surface area contributed by atoms with E-state index in [0.717, 1.165) is 31.3 Å². The van der Waals surface area contributed by atoms with E-state index in [9.17, 15) is 0 Å². The Morgan fingerprint density at radius 2 is 2.25 bits per heavy atom. The minimum absolute atomic E-state index is 0.557. The SMILES string of the molecule is CCN(CC)c1ncc(CNCCC#N)s1. The average molecular weight is 238 g/mol. The van der Waals surface area contributed by atoms with Crippen molar-refractivity contribution in [2.24, 2.45) is 0 Å². The minimum Gasteiger partial charge on any atom is -0.349 e. The summed E-state index contributed by atoms with van der Waals surface area (Å²) < 4.78 is 0. The third-order valence-corrected chi connectivity index (χ3v) is 3.35. The Bertz CT molecular complexity index is 338. The van der Waals surface area contributed by atoms with Crippen molar-refractivity contribution in [2.75, 3.05) is 24.5 Å². The molecule has 0 fully saturated rings. The molecule has 0 aliphatic carbocycles. The maximum absolute atomic E-state index is 8.40. The van der Waals surface area contributed by atoms with E-state index in [0.29, 0.717) is 6.42 Å². The molecule has 5 heteroatoms. The van der Waals surface area contributed by atoms with Gasteiger partial charge in [0.15, 0.2) is 5.13 Å². The van der Waals surface area contributed by atoms with Crippen LogP contribution >= 0.6 is 11.3 Å². The van der Waals surface area contributed by atoms with Crippen LogP contribution in [0.2, 0.25) is 0 Å². The second kappa shape index (κ2) is 7.20. The van der Waals surface area contributed by atoms with Crippen molar-refractivity contribution < 1.29 is 0 Å². The molecular formula is C11H18N4S. The zero-order valence-corrected chi connectivity index (χ0v) is 10.7. The second-order valence-electron chi connectivity index (χ2n) is 3.37. The van der Waals surface area contributed by atoms with E-state index >= 15 is 0 Å². The Morgan fingerprint density at radius 1 is 1.50 bits per heavy atom. The zero-order valence-electron chi connectivity index (χ0n) is 9.86. The topological polar surface area (TPSA) is 52.0 Å². The van der Waals surface area contributed by atoms with E-state index in [1.165, 1.54) is 4.88 Å². The first-order chi connectivity index (χ1) is 7.81. The van der Waals surface area contributed by atoms with Crippen molar-refractivity contribution in [2.45, 2.75) is 26.8 Å². The zero-order chi connectivity index (χ0) is 11.8. The number of hydrogen-bond acceptors (Lipinski definition) is 5. The Hall–Kier alpha value is -1.12. The summed E-state index contributed by atoms with van der Waals surface area (Å²) in [6, 6.07) is 2.11. The molecule has 88 valence electrons. The summed E-state index contributed by atoms with van der Waals surface area (Å²) in [7, 11) is 0. The molecule has 0 saturated carbocycles. The summed E-state index contributed by atoms with van der Waals surface area (Å²) in [5, 5.41) is 12.7. The van der Waals surface area contributed by atoms with Gasteiger partial charge in [0, 0.05) is 43.7 Å². The Morgan fingerprint density at radius 3 is 2.88 bits per heavy atom. The lowest BCUT2D eigenvalue weighted by Crippen LogP contribution is -2.21.